The second-order valence-corrected chi connectivity index (χ2v) is 5.70. The topological polar surface area (TPSA) is 93.2 Å². The third-order valence-electron chi connectivity index (χ3n) is 3.78. The number of amides is 1. The molecule has 3 aromatic rings. The van der Waals surface area contributed by atoms with Crippen LogP contribution in [0.5, 0.6) is 0 Å². The van der Waals surface area contributed by atoms with Crippen LogP contribution in [0.2, 0.25) is 0 Å². The second-order valence-electron chi connectivity index (χ2n) is 5.70. The highest BCUT2D eigenvalue weighted by Crippen LogP contribution is 2.18. The number of nitrogens with zero attached hydrogens (tertiary/aromatic N) is 2. The number of methoxy groups -OCH3 is 1. The molecule has 7 heteroatoms. The van der Waals surface area contributed by atoms with Crippen molar-refractivity contribution in [2.24, 2.45) is 0 Å². The van der Waals surface area contributed by atoms with Crippen molar-refractivity contribution in [3.05, 3.63) is 83.9 Å². The van der Waals surface area contributed by atoms with E-state index in [0.717, 1.165) is 5.56 Å². The molecule has 1 aromatic carbocycles. The van der Waals surface area contributed by atoms with Gasteiger partial charge in [0, 0.05) is 30.8 Å². The zero-order valence-corrected chi connectivity index (χ0v) is 14.7. The first kappa shape index (κ1) is 18.1. The van der Waals surface area contributed by atoms with Crippen LogP contribution in [0.3, 0.4) is 0 Å². The molecule has 27 heavy (non-hydrogen) atoms. The molecule has 0 fully saturated rings. The number of hydrogen-bond donors (Lipinski definition) is 2. The van der Waals surface area contributed by atoms with Crippen LogP contribution in [0.25, 0.3) is 0 Å². The van der Waals surface area contributed by atoms with Crippen LogP contribution in [-0.2, 0) is 11.3 Å². The van der Waals surface area contributed by atoms with E-state index >= 15 is 0 Å². The van der Waals surface area contributed by atoms with Crippen molar-refractivity contribution in [1.29, 1.82) is 0 Å². The molecule has 0 aliphatic carbocycles. The average molecular weight is 362 g/mol. The van der Waals surface area contributed by atoms with Crippen LogP contribution < -0.4 is 10.6 Å². The van der Waals surface area contributed by atoms with E-state index in [2.05, 4.69) is 20.6 Å². The second kappa shape index (κ2) is 8.57. The summed E-state index contributed by atoms with van der Waals surface area (Å²) in [6, 6.07) is 12.3. The molecule has 7 nitrogen and oxygen atoms in total. The molecule has 2 N–H and O–H groups in total. The Hall–Kier alpha value is -3.74. The summed E-state index contributed by atoms with van der Waals surface area (Å²) in [5, 5.41) is 5.98. The van der Waals surface area contributed by atoms with Gasteiger partial charge in [0.15, 0.2) is 0 Å². The van der Waals surface area contributed by atoms with Crippen molar-refractivity contribution < 1.29 is 14.3 Å². The summed E-state index contributed by atoms with van der Waals surface area (Å²) in [7, 11) is 1.33. The number of esters is 1. The number of carbonyl (C=O) groups is 2. The van der Waals surface area contributed by atoms with Crippen molar-refractivity contribution in [1.82, 2.24) is 15.3 Å². The van der Waals surface area contributed by atoms with Crippen LogP contribution in [0.1, 0.15) is 26.3 Å². The van der Waals surface area contributed by atoms with E-state index in [1.165, 1.54) is 13.3 Å². The van der Waals surface area contributed by atoms with E-state index in [4.69, 9.17) is 4.74 Å². The van der Waals surface area contributed by atoms with E-state index in [0.29, 0.717) is 29.0 Å². The Morgan fingerprint density at radius 1 is 0.963 bits per heavy atom. The van der Waals surface area contributed by atoms with Crippen LogP contribution in [0.15, 0.2) is 67.3 Å². The Balaban J connectivity index is 1.68. The number of benzene rings is 1. The number of aromatic nitrogens is 2. The minimum Gasteiger partial charge on any atom is -0.465 e. The van der Waals surface area contributed by atoms with Gasteiger partial charge in [0.1, 0.15) is 0 Å². The molecule has 0 bridgehead atoms. The summed E-state index contributed by atoms with van der Waals surface area (Å²) in [6.45, 7) is 0.403. The summed E-state index contributed by atoms with van der Waals surface area (Å²) in [4.78, 5) is 32.0. The molecular formula is C20H18N4O3. The summed E-state index contributed by atoms with van der Waals surface area (Å²) in [6.07, 6.45) is 6.45. The molecule has 0 unspecified atom stereocenters. The highest BCUT2D eigenvalue weighted by molar-refractivity contribution is 5.95. The van der Waals surface area contributed by atoms with Crippen molar-refractivity contribution in [3.63, 3.8) is 0 Å². The molecule has 2 heterocycles. The lowest BCUT2D eigenvalue weighted by molar-refractivity contribution is 0.0600. The average Bonchev–Trinajstić information content (AvgIpc) is 2.72. The van der Waals surface area contributed by atoms with Gasteiger partial charge in [0.2, 0.25) is 0 Å². The Morgan fingerprint density at radius 3 is 2.52 bits per heavy atom. The maximum absolute atomic E-state index is 12.3. The molecule has 0 radical (unpaired) electrons. The lowest BCUT2D eigenvalue weighted by atomic mass is 10.2. The van der Waals surface area contributed by atoms with Gasteiger partial charge in [0.05, 0.1) is 30.1 Å². The molecule has 1 amide bonds. The fraction of sp³-hybridized carbons (Fsp3) is 0.100. The lowest BCUT2D eigenvalue weighted by Gasteiger charge is -2.09. The van der Waals surface area contributed by atoms with Crippen molar-refractivity contribution in [2.45, 2.75) is 6.54 Å². The summed E-state index contributed by atoms with van der Waals surface area (Å²) in [5.74, 6) is -0.646. The number of hydrogen-bond acceptors (Lipinski definition) is 6. The number of carbonyl (C=O) groups excluding carboxylic acids is 2. The third kappa shape index (κ3) is 4.88. The molecule has 3 rings (SSSR count). The molecular weight excluding hydrogens is 344 g/mol. The highest BCUT2D eigenvalue weighted by atomic mass is 16.5. The first-order chi connectivity index (χ1) is 13.2. The smallest absolute Gasteiger partial charge is 0.337 e. The fourth-order valence-electron chi connectivity index (χ4n) is 2.43. The largest absolute Gasteiger partial charge is 0.465 e. The van der Waals surface area contributed by atoms with Gasteiger partial charge in [-0.3, -0.25) is 14.8 Å². The van der Waals surface area contributed by atoms with Gasteiger partial charge >= 0.3 is 5.97 Å². The van der Waals surface area contributed by atoms with E-state index in [1.807, 2.05) is 18.2 Å². The maximum Gasteiger partial charge on any atom is 0.337 e. The molecule has 2 aromatic heterocycles. The highest BCUT2D eigenvalue weighted by Gasteiger charge is 2.09. The van der Waals surface area contributed by atoms with Crippen molar-refractivity contribution in [2.75, 3.05) is 12.4 Å². The lowest BCUT2D eigenvalue weighted by Crippen LogP contribution is -2.23. The van der Waals surface area contributed by atoms with Gasteiger partial charge in [0.25, 0.3) is 5.91 Å². The van der Waals surface area contributed by atoms with Crippen molar-refractivity contribution >= 4 is 23.3 Å². The normalized spacial score (nSPS) is 10.1. The quantitative estimate of drug-likeness (QED) is 0.655. The fourth-order valence-corrected chi connectivity index (χ4v) is 2.43. The van der Waals surface area contributed by atoms with E-state index < -0.39 is 5.97 Å². The molecule has 136 valence electrons. The number of nitrogens with one attached hydrogen (secondary N) is 2. The van der Waals surface area contributed by atoms with Gasteiger partial charge in [-0.1, -0.05) is 6.07 Å². The number of anilines is 2. The van der Waals surface area contributed by atoms with Crippen LogP contribution in [0.4, 0.5) is 11.4 Å². The molecule has 0 aliphatic rings. The molecule has 0 spiro atoms. The third-order valence-corrected chi connectivity index (χ3v) is 3.78. The first-order valence-electron chi connectivity index (χ1n) is 8.23. The van der Waals surface area contributed by atoms with Crippen LogP contribution in [-0.4, -0.2) is 29.0 Å². The number of pyridine rings is 2. The number of ether oxygens (including phenoxy) is 1. The van der Waals surface area contributed by atoms with Gasteiger partial charge in [-0.25, -0.2) is 4.79 Å². The van der Waals surface area contributed by atoms with E-state index in [9.17, 15) is 9.59 Å². The van der Waals surface area contributed by atoms with Gasteiger partial charge in [-0.2, -0.15) is 0 Å². The first-order valence-corrected chi connectivity index (χ1v) is 8.23. The van der Waals surface area contributed by atoms with Gasteiger partial charge in [-0.15, -0.1) is 0 Å². The summed E-state index contributed by atoms with van der Waals surface area (Å²) < 4.78 is 4.72. The standard InChI is InChI=1S/C20H18N4O3/c1-27-20(26)15-3-2-4-17(9-15)24-18-10-16(12-22-13-18)19(25)23-11-14-5-7-21-8-6-14/h2-10,12-13,24H,11H2,1H3,(H,23,25). The molecule has 0 saturated heterocycles. The zero-order chi connectivity index (χ0) is 19.1. The summed E-state index contributed by atoms with van der Waals surface area (Å²) >= 11 is 0. The Morgan fingerprint density at radius 2 is 1.74 bits per heavy atom. The zero-order valence-electron chi connectivity index (χ0n) is 14.7. The number of rotatable bonds is 6. The SMILES string of the molecule is COC(=O)c1cccc(Nc2cncc(C(=O)NCc3ccncc3)c2)c1. The monoisotopic (exact) mass is 362 g/mol. The molecule has 0 atom stereocenters. The Labute approximate surface area is 156 Å². The Kier molecular flexibility index (Phi) is 5.73. The van der Waals surface area contributed by atoms with Crippen molar-refractivity contribution in [3.8, 4) is 0 Å². The maximum atomic E-state index is 12.3. The van der Waals surface area contributed by atoms with Crippen LogP contribution >= 0.6 is 0 Å². The van der Waals surface area contributed by atoms with E-state index in [1.54, 1.807) is 42.9 Å². The van der Waals surface area contributed by atoms with E-state index in [-0.39, 0.29) is 5.91 Å². The van der Waals surface area contributed by atoms with Crippen LogP contribution in [0, 0.1) is 0 Å². The van der Waals surface area contributed by atoms with Gasteiger partial charge in [-0.05, 0) is 42.0 Å². The van der Waals surface area contributed by atoms with Gasteiger partial charge < -0.3 is 15.4 Å². The minimum atomic E-state index is -0.416. The predicted molar refractivity (Wildman–Crippen MR) is 101 cm³/mol. The molecule has 0 saturated carbocycles. The Bertz CT molecular complexity index is 945. The molecule has 0 aliphatic heterocycles. The predicted octanol–water partition coefficient (Wildman–Crippen LogP) is 2.94. The minimum absolute atomic E-state index is 0.230. The summed E-state index contributed by atoms with van der Waals surface area (Å²) in [5.41, 5.74) is 3.14.